The molecule has 4 nitrogen and oxygen atoms in total. The summed E-state index contributed by atoms with van der Waals surface area (Å²) in [5.41, 5.74) is 8.16. The summed E-state index contributed by atoms with van der Waals surface area (Å²) in [6.45, 7) is 4.11. The van der Waals surface area contributed by atoms with Gasteiger partial charge in [-0.05, 0) is 44.1 Å². The Morgan fingerprint density at radius 1 is 1.23 bits per heavy atom. The zero-order chi connectivity index (χ0) is 15.4. The number of nitrogens with two attached hydrogens (primary N) is 1. The van der Waals surface area contributed by atoms with Crippen LogP contribution in [-0.2, 0) is 6.42 Å². The van der Waals surface area contributed by atoms with Crippen LogP contribution in [0.5, 0.6) is 0 Å². The standard InChI is InChI=1S/C18H24N4/c1-14-12-17(21-18(19)20-14)22-11-5-8-16(13-22)10-9-15-6-3-2-4-7-15/h2-4,6-7,12,16H,5,8-11,13H2,1H3,(H2,19,20,21). The van der Waals surface area contributed by atoms with Crippen molar-refractivity contribution in [2.45, 2.75) is 32.6 Å². The highest BCUT2D eigenvalue weighted by molar-refractivity contribution is 5.43. The number of hydrogen-bond donors (Lipinski definition) is 1. The first-order chi connectivity index (χ1) is 10.7. The van der Waals surface area contributed by atoms with Crippen molar-refractivity contribution in [3.8, 4) is 0 Å². The number of hydrogen-bond acceptors (Lipinski definition) is 4. The molecule has 116 valence electrons. The maximum atomic E-state index is 5.79. The molecule has 1 unspecified atom stereocenters. The van der Waals surface area contributed by atoms with Crippen molar-refractivity contribution in [1.82, 2.24) is 9.97 Å². The second-order valence-corrected chi connectivity index (χ2v) is 6.20. The zero-order valence-corrected chi connectivity index (χ0v) is 13.2. The van der Waals surface area contributed by atoms with Crippen LogP contribution in [0.25, 0.3) is 0 Å². The van der Waals surface area contributed by atoms with Crippen LogP contribution in [0.4, 0.5) is 11.8 Å². The average Bonchev–Trinajstić information content (AvgIpc) is 2.53. The number of benzene rings is 1. The third-order valence-corrected chi connectivity index (χ3v) is 4.39. The Balaban J connectivity index is 1.61. The molecule has 2 heterocycles. The van der Waals surface area contributed by atoms with E-state index in [1.807, 2.05) is 13.0 Å². The van der Waals surface area contributed by atoms with Crippen LogP contribution in [-0.4, -0.2) is 23.1 Å². The molecule has 1 aliphatic heterocycles. The number of nitrogens with zero attached hydrogens (tertiary/aromatic N) is 3. The van der Waals surface area contributed by atoms with Gasteiger partial charge in [-0.3, -0.25) is 0 Å². The summed E-state index contributed by atoms with van der Waals surface area (Å²) >= 11 is 0. The summed E-state index contributed by atoms with van der Waals surface area (Å²) in [6, 6.07) is 12.8. The van der Waals surface area contributed by atoms with Gasteiger partial charge in [-0.1, -0.05) is 30.3 Å². The second-order valence-electron chi connectivity index (χ2n) is 6.20. The van der Waals surface area contributed by atoms with Crippen molar-refractivity contribution in [3.63, 3.8) is 0 Å². The van der Waals surface area contributed by atoms with E-state index in [2.05, 4.69) is 45.2 Å². The minimum Gasteiger partial charge on any atom is -0.368 e. The van der Waals surface area contributed by atoms with Gasteiger partial charge in [0, 0.05) is 24.8 Å². The largest absolute Gasteiger partial charge is 0.368 e. The minimum absolute atomic E-state index is 0.376. The Morgan fingerprint density at radius 2 is 2.05 bits per heavy atom. The van der Waals surface area contributed by atoms with Crippen molar-refractivity contribution in [1.29, 1.82) is 0 Å². The molecule has 1 aliphatic rings. The molecule has 1 fully saturated rings. The van der Waals surface area contributed by atoms with Gasteiger partial charge in [-0.25, -0.2) is 4.98 Å². The van der Waals surface area contributed by atoms with Gasteiger partial charge >= 0.3 is 0 Å². The molecule has 4 heteroatoms. The van der Waals surface area contributed by atoms with Gasteiger partial charge in [0.25, 0.3) is 0 Å². The first kappa shape index (κ1) is 14.8. The van der Waals surface area contributed by atoms with E-state index in [0.717, 1.165) is 36.9 Å². The highest BCUT2D eigenvalue weighted by Gasteiger charge is 2.21. The van der Waals surface area contributed by atoms with Crippen LogP contribution in [0.3, 0.4) is 0 Å². The van der Waals surface area contributed by atoms with Gasteiger partial charge in [0.05, 0.1) is 0 Å². The van der Waals surface area contributed by atoms with E-state index >= 15 is 0 Å². The average molecular weight is 296 g/mol. The molecule has 1 saturated heterocycles. The number of anilines is 2. The van der Waals surface area contributed by atoms with E-state index in [-0.39, 0.29) is 0 Å². The lowest BCUT2D eigenvalue weighted by Gasteiger charge is -2.33. The predicted octanol–water partition coefficient (Wildman–Crippen LogP) is 3.22. The third-order valence-electron chi connectivity index (χ3n) is 4.39. The van der Waals surface area contributed by atoms with Crippen molar-refractivity contribution in [2.75, 3.05) is 23.7 Å². The van der Waals surface area contributed by atoms with Gasteiger partial charge in [0.15, 0.2) is 0 Å². The summed E-state index contributed by atoms with van der Waals surface area (Å²) in [5.74, 6) is 2.08. The lowest BCUT2D eigenvalue weighted by Crippen LogP contribution is -2.36. The molecule has 0 radical (unpaired) electrons. The quantitative estimate of drug-likeness (QED) is 0.941. The number of aryl methyl sites for hydroxylation is 2. The molecule has 0 spiro atoms. The van der Waals surface area contributed by atoms with E-state index in [1.54, 1.807) is 0 Å². The Bertz CT molecular complexity index is 591. The van der Waals surface area contributed by atoms with E-state index in [1.165, 1.54) is 24.8 Å². The zero-order valence-electron chi connectivity index (χ0n) is 13.2. The van der Waals surface area contributed by atoms with Crippen LogP contribution >= 0.6 is 0 Å². The minimum atomic E-state index is 0.376. The summed E-state index contributed by atoms with van der Waals surface area (Å²) in [7, 11) is 0. The third kappa shape index (κ3) is 3.75. The van der Waals surface area contributed by atoms with E-state index in [4.69, 9.17) is 5.73 Å². The monoisotopic (exact) mass is 296 g/mol. The molecule has 2 N–H and O–H groups in total. The summed E-state index contributed by atoms with van der Waals surface area (Å²) in [4.78, 5) is 10.9. The van der Waals surface area contributed by atoms with Crippen molar-refractivity contribution in [3.05, 3.63) is 47.7 Å². The Labute approximate surface area is 132 Å². The van der Waals surface area contributed by atoms with Crippen LogP contribution in [0, 0.1) is 12.8 Å². The molecule has 22 heavy (non-hydrogen) atoms. The Kier molecular flexibility index (Phi) is 4.56. The molecule has 0 saturated carbocycles. The number of aromatic nitrogens is 2. The lowest BCUT2D eigenvalue weighted by molar-refractivity contribution is 0.390. The summed E-state index contributed by atoms with van der Waals surface area (Å²) in [6.07, 6.45) is 4.93. The molecule has 1 atom stereocenters. The fraction of sp³-hybridized carbons (Fsp3) is 0.444. The van der Waals surface area contributed by atoms with Crippen molar-refractivity contribution >= 4 is 11.8 Å². The molecule has 0 bridgehead atoms. The van der Waals surface area contributed by atoms with E-state index in [9.17, 15) is 0 Å². The highest BCUT2D eigenvalue weighted by Crippen LogP contribution is 2.25. The topological polar surface area (TPSA) is 55.0 Å². The van der Waals surface area contributed by atoms with E-state index in [0.29, 0.717) is 5.95 Å². The molecule has 0 aliphatic carbocycles. The first-order valence-electron chi connectivity index (χ1n) is 8.11. The van der Waals surface area contributed by atoms with Crippen LogP contribution in [0.1, 0.15) is 30.5 Å². The van der Waals surface area contributed by atoms with Gasteiger partial charge in [0.1, 0.15) is 5.82 Å². The molecule has 3 rings (SSSR count). The molecule has 1 aromatic carbocycles. The smallest absolute Gasteiger partial charge is 0.222 e. The van der Waals surface area contributed by atoms with Crippen molar-refractivity contribution < 1.29 is 0 Å². The summed E-state index contributed by atoms with van der Waals surface area (Å²) in [5, 5.41) is 0. The maximum Gasteiger partial charge on any atom is 0.222 e. The summed E-state index contributed by atoms with van der Waals surface area (Å²) < 4.78 is 0. The predicted molar refractivity (Wildman–Crippen MR) is 90.9 cm³/mol. The van der Waals surface area contributed by atoms with Gasteiger partial charge in [0.2, 0.25) is 5.95 Å². The van der Waals surface area contributed by atoms with E-state index < -0.39 is 0 Å². The van der Waals surface area contributed by atoms with Crippen LogP contribution in [0.2, 0.25) is 0 Å². The molecular formula is C18H24N4. The SMILES string of the molecule is Cc1cc(N2CCCC(CCc3ccccc3)C2)nc(N)n1. The number of piperidine rings is 1. The second kappa shape index (κ2) is 6.77. The molecule has 2 aromatic rings. The molecule has 1 aromatic heterocycles. The Hall–Kier alpha value is -2.10. The highest BCUT2D eigenvalue weighted by atomic mass is 15.2. The fourth-order valence-electron chi connectivity index (χ4n) is 3.26. The first-order valence-corrected chi connectivity index (χ1v) is 8.11. The lowest BCUT2D eigenvalue weighted by atomic mass is 9.91. The maximum absolute atomic E-state index is 5.79. The Morgan fingerprint density at radius 3 is 2.82 bits per heavy atom. The number of nitrogen functional groups attached to an aromatic ring is 1. The van der Waals surface area contributed by atoms with Gasteiger partial charge in [-0.15, -0.1) is 0 Å². The van der Waals surface area contributed by atoms with Gasteiger partial charge < -0.3 is 10.6 Å². The van der Waals surface area contributed by atoms with Crippen molar-refractivity contribution in [2.24, 2.45) is 5.92 Å². The van der Waals surface area contributed by atoms with Gasteiger partial charge in [-0.2, -0.15) is 4.98 Å². The fourth-order valence-corrected chi connectivity index (χ4v) is 3.26. The number of rotatable bonds is 4. The normalized spacial score (nSPS) is 18.4. The molecular weight excluding hydrogens is 272 g/mol. The van der Waals surface area contributed by atoms with Crippen LogP contribution < -0.4 is 10.6 Å². The van der Waals surface area contributed by atoms with Crippen LogP contribution in [0.15, 0.2) is 36.4 Å². The molecule has 0 amide bonds.